The lowest BCUT2D eigenvalue weighted by Gasteiger charge is -2.24. The fraction of sp³-hybridized carbons (Fsp3) is 1.00. The van der Waals surface area contributed by atoms with Crippen molar-refractivity contribution in [3.63, 3.8) is 0 Å². The average molecular weight is 113 g/mol. The molecule has 0 aromatic heterocycles. The Bertz CT molecular complexity index is 58.7. The summed E-state index contributed by atoms with van der Waals surface area (Å²) in [6.45, 7) is 2.54. The zero-order chi connectivity index (χ0) is 5.28. The SMILES string of the molecule is C[N]1CC[N](C)[Al-]1. The minimum absolute atomic E-state index is 0.491. The lowest BCUT2D eigenvalue weighted by molar-refractivity contribution is 0.553. The molecule has 2 nitrogen and oxygen atoms in total. The molecular weight excluding hydrogens is 103 g/mol. The van der Waals surface area contributed by atoms with Gasteiger partial charge in [-0.25, -0.2) is 0 Å². The molecule has 1 aliphatic heterocycles. The zero-order valence-electron chi connectivity index (χ0n) is 4.89. The highest BCUT2D eigenvalue weighted by molar-refractivity contribution is 6.29. The first-order valence-corrected chi connectivity index (χ1v) is 3.58. The molecule has 0 aromatic carbocycles. The van der Waals surface area contributed by atoms with E-state index in [1.54, 1.807) is 0 Å². The standard InChI is InChI=1S/C4H10N2.Al/c1-5-3-4-6-2;/h3-4H2,1-2H3;/q-2;+1. The molecule has 0 bridgehead atoms. The molecule has 0 spiro atoms. The molecule has 1 saturated heterocycles. The van der Waals surface area contributed by atoms with Crippen molar-refractivity contribution in [3.05, 3.63) is 0 Å². The topological polar surface area (TPSA) is 6.48 Å². The van der Waals surface area contributed by atoms with Crippen LogP contribution in [0.5, 0.6) is 0 Å². The molecule has 0 amide bonds. The summed E-state index contributed by atoms with van der Waals surface area (Å²) in [4.78, 5) is 0. The Morgan fingerprint density at radius 2 is 1.57 bits per heavy atom. The molecule has 1 heterocycles. The van der Waals surface area contributed by atoms with Gasteiger partial charge in [0.1, 0.15) is 0 Å². The van der Waals surface area contributed by atoms with Gasteiger partial charge in [-0.2, -0.15) is 0 Å². The second kappa shape index (κ2) is 2.15. The van der Waals surface area contributed by atoms with Crippen LogP contribution in [0.3, 0.4) is 0 Å². The zero-order valence-corrected chi connectivity index (χ0v) is 6.04. The van der Waals surface area contributed by atoms with E-state index in [0.717, 1.165) is 0 Å². The van der Waals surface area contributed by atoms with E-state index in [2.05, 4.69) is 21.9 Å². The van der Waals surface area contributed by atoms with Crippen LogP contribution < -0.4 is 0 Å². The Morgan fingerprint density at radius 3 is 1.71 bits per heavy atom. The van der Waals surface area contributed by atoms with Crippen LogP contribution in [-0.2, 0) is 0 Å². The van der Waals surface area contributed by atoms with Gasteiger partial charge < -0.3 is 7.77 Å². The van der Waals surface area contributed by atoms with Gasteiger partial charge in [0.2, 0.25) is 0 Å². The molecule has 0 aromatic rings. The molecule has 1 aliphatic rings. The van der Waals surface area contributed by atoms with Gasteiger partial charge in [0, 0.05) is 0 Å². The van der Waals surface area contributed by atoms with Gasteiger partial charge in [0.15, 0.2) is 0 Å². The van der Waals surface area contributed by atoms with Crippen molar-refractivity contribution in [2.45, 2.75) is 0 Å². The number of rotatable bonds is 0. The maximum atomic E-state index is 2.39. The highest BCUT2D eigenvalue weighted by Gasteiger charge is 1.95. The van der Waals surface area contributed by atoms with E-state index in [1.165, 1.54) is 13.1 Å². The highest BCUT2D eigenvalue weighted by atomic mass is 27.1. The average Bonchev–Trinajstić information content (AvgIpc) is 1.87. The Morgan fingerprint density at radius 1 is 1.14 bits per heavy atom. The van der Waals surface area contributed by atoms with E-state index >= 15 is 0 Å². The van der Waals surface area contributed by atoms with Crippen LogP contribution in [0.2, 0.25) is 0 Å². The molecule has 3 heteroatoms. The van der Waals surface area contributed by atoms with Crippen LogP contribution >= 0.6 is 0 Å². The second-order valence-corrected chi connectivity index (χ2v) is 4.07. The summed E-state index contributed by atoms with van der Waals surface area (Å²) in [5.74, 6) is 0. The minimum atomic E-state index is 0.491. The largest absolute Gasteiger partial charge is 0.557 e. The van der Waals surface area contributed by atoms with Crippen LogP contribution in [0.1, 0.15) is 0 Å². The summed E-state index contributed by atoms with van der Waals surface area (Å²) in [6.07, 6.45) is 0. The quantitative estimate of drug-likeness (QED) is 0.387. The smallest absolute Gasteiger partial charge is 0.0418 e. The summed E-state index contributed by atoms with van der Waals surface area (Å²) < 4.78 is 4.78. The third kappa shape index (κ3) is 1.43. The maximum absolute atomic E-state index is 2.39. The predicted molar refractivity (Wildman–Crippen MR) is 31.0 cm³/mol. The van der Waals surface area contributed by atoms with Gasteiger partial charge in [-0.05, 0) is 28.8 Å². The molecule has 1 rings (SSSR count). The van der Waals surface area contributed by atoms with Crippen LogP contribution in [0, 0.1) is 0 Å². The van der Waals surface area contributed by atoms with E-state index in [0.29, 0.717) is 15.7 Å². The van der Waals surface area contributed by atoms with E-state index < -0.39 is 0 Å². The first-order valence-electron chi connectivity index (χ1n) is 2.54. The number of hydrogen-bond acceptors (Lipinski definition) is 2. The van der Waals surface area contributed by atoms with Crippen molar-refractivity contribution in [2.24, 2.45) is 0 Å². The number of nitrogens with zero attached hydrogens (tertiary/aromatic N) is 2. The molecule has 7 heavy (non-hydrogen) atoms. The van der Waals surface area contributed by atoms with E-state index in [9.17, 15) is 0 Å². The van der Waals surface area contributed by atoms with Crippen LogP contribution in [0.25, 0.3) is 0 Å². The van der Waals surface area contributed by atoms with Crippen LogP contribution in [-0.4, -0.2) is 50.6 Å². The van der Waals surface area contributed by atoms with Crippen LogP contribution in [0.15, 0.2) is 0 Å². The number of likely N-dealkylation sites (N-methyl/N-ethyl adjacent to an activating group) is 2. The lowest BCUT2D eigenvalue weighted by Crippen LogP contribution is -2.23. The summed E-state index contributed by atoms with van der Waals surface area (Å²) in [5, 5.41) is 0. The monoisotopic (exact) mass is 113 g/mol. The molecule has 0 N–H and O–H groups in total. The van der Waals surface area contributed by atoms with Gasteiger partial charge in [-0.1, -0.05) is 14.1 Å². The van der Waals surface area contributed by atoms with Crippen molar-refractivity contribution >= 4 is 15.7 Å². The Kier molecular flexibility index (Phi) is 1.71. The maximum Gasteiger partial charge on any atom is -0.0418 e. The Hall–Kier alpha value is 0.452. The molecular formula is C4H10AlN2-. The van der Waals surface area contributed by atoms with Crippen molar-refractivity contribution in [3.8, 4) is 0 Å². The van der Waals surface area contributed by atoms with Crippen LogP contribution in [0.4, 0.5) is 0 Å². The first kappa shape index (κ1) is 5.59. The fourth-order valence-corrected chi connectivity index (χ4v) is 1.90. The third-order valence-electron chi connectivity index (χ3n) is 1.20. The van der Waals surface area contributed by atoms with Gasteiger partial charge >= 0.3 is 0 Å². The Balaban J connectivity index is 2.26. The van der Waals surface area contributed by atoms with Crippen molar-refractivity contribution < 1.29 is 0 Å². The molecule has 0 atom stereocenters. The van der Waals surface area contributed by atoms with E-state index in [4.69, 9.17) is 0 Å². The molecule has 0 unspecified atom stereocenters. The minimum Gasteiger partial charge on any atom is -0.557 e. The van der Waals surface area contributed by atoms with Gasteiger partial charge in [0.25, 0.3) is 0 Å². The summed E-state index contributed by atoms with van der Waals surface area (Å²) in [6, 6.07) is 0. The van der Waals surface area contributed by atoms with Gasteiger partial charge in [-0.3, -0.25) is 0 Å². The third-order valence-corrected chi connectivity index (χ3v) is 2.50. The molecule has 1 fully saturated rings. The molecule has 0 aliphatic carbocycles. The summed E-state index contributed by atoms with van der Waals surface area (Å²) in [7, 11) is 4.36. The Labute approximate surface area is 51.2 Å². The van der Waals surface area contributed by atoms with Crippen molar-refractivity contribution in [1.82, 2.24) is 7.77 Å². The summed E-state index contributed by atoms with van der Waals surface area (Å²) in [5.41, 5.74) is 0. The lowest BCUT2D eigenvalue weighted by atomic mass is 10.6. The van der Waals surface area contributed by atoms with E-state index in [-0.39, 0.29) is 0 Å². The van der Waals surface area contributed by atoms with Crippen molar-refractivity contribution in [2.75, 3.05) is 27.2 Å². The molecule has 2 radical (unpaired) electrons. The molecule has 0 saturated carbocycles. The fourth-order valence-electron chi connectivity index (χ4n) is 0.767. The summed E-state index contributed by atoms with van der Waals surface area (Å²) >= 11 is 0.491. The second-order valence-electron chi connectivity index (χ2n) is 2.08. The van der Waals surface area contributed by atoms with Gasteiger partial charge in [0.05, 0.1) is 0 Å². The number of hydrogen-bond donors (Lipinski definition) is 0. The van der Waals surface area contributed by atoms with E-state index in [1.807, 2.05) is 0 Å². The van der Waals surface area contributed by atoms with Gasteiger partial charge in [-0.15, -0.1) is 0 Å². The first-order chi connectivity index (χ1) is 3.29. The normalized spacial score (nSPS) is 26.6. The highest BCUT2D eigenvalue weighted by Crippen LogP contribution is 1.92. The van der Waals surface area contributed by atoms with Crippen molar-refractivity contribution in [1.29, 1.82) is 0 Å². The predicted octanol–water partition coefficient (Wildman–Crippen LogP) is -0.602. The molecule has 40 valence electrons.